The number of phenols is 1. The maximum absolute atomic E-state index is 13.7. The number of amides is 2. The molecule has 0 bridgehead atoms. The summed E-state index contributed by atoms with van der Waals surface area (Å²) in [6.07, 6.45) is 1.86. The number of fused-ring (bicyclic) bond motifs is 1. The third kappa shape index (κ3) is 6.02. The van der Waals surface area contributed by atoms with Crippen molar-refractivity contribution in [3.05, 3.63) is 69.8 Å². The van der Waals surface area contributed by atoms with E-state index in [1.807, 2.05) is 13.0 Å². The quantitative estimate of drug-likeness (QED) is 0.166. The summed E-state index contributed by atoms with van der Waals surface area (Å²) >= 11 is 6.22. The first-order valence-corrected chi connectivity index (χ1v) is 13.4. The van der Waals surface area contributed by atoms with E-state index < -0.39 is 49.4 Å². The average molecular weight is 570 g/mol. The van der Waals surface area contributed by atoms with Crippen molar-refractivity contribution >= 4 is 47.8 Å². The predicted molar refractivity (Wildman–Crippen MR) is 152 cm³/mol. The minimum Gasteiger partial charge on any atom is -0.508 e. The van der Waals surface area contributed by atoms with Crippen LogP contribution < -0.4 is 10.4 Å². The van der Waals surface area contributed by atoms with Crippen LogP contribution in [0, 0.1) is 17.8 Å². The van der Waals surface area contributed by atoms with Crippen molar-refractivity contribution in [2.45, 2.75) is 32.3 Å². The number of hydrogen-bond acceptors (Lipinski definition) is 8. The highest BCUT2D eigenvalue weighted by atomic mass is 35.5. The SMILES string of the molecule is COCC1=C([C@H](O)CC/C(C)=C/c2ccc(O)cc2Cl)[C@H](CO)[C@@H]2C(=O)N(c3cccc(B(O)O)c3)C(=O)[C@@H]2C1. The molecular weight excluding hydrogens is 537 g/mol. The lowest BCUT2D eigenvalue weighted by molar-refractivity contribution is -0.123. The van der Waals surface area contributed by atoms with E-state index in [4.69, 9.17) is 16.3 Å². The van der Waals surface area contributed by atoms with E-state index in [2.05, 4.69) is 0 Å². The number of aliphatic hydroxyl groups is 2. The molecule has 0 aromatic heterocycles. The number of ether oxygens (including phenoxy) is 1. The summed E-state index contributed by atoms with van der Waals surface area (Å²) in [5.41, 5.74) is 3.21. The van der Waals surface area contributed by atoms with Gasteiger partial charge in [0.2, 0.25) is 11.8 Å². The minimum atomic E-state index is -1.76. The van der Waals surface area contributed by atoms with E-state index in [0.717, 1.165) is 16.0 Å². The van der Waals surface area contributed by atoms with Crippen molar-refractivity contribution in [2.75, 3.05) is 25.2 Å². The summed E-state index contributed by atoms with van der Waals surface area (Å²) in [5, 5.41) is 50.9. The van der Waals surface area contributed by atoms with E-state index in [0.29, 0.717) is 29.0 Å². The van der Waals surface area contributed by atoms with Crippen LogP contribution in [0.25, 0.3) is 6.08 Å². The number of hydrogen-bond donors (Lipinski definition) is 5. The molecule has 0 saturated carbocycles. The Bertz CT molecular complexity index is 1340. The first-order chi connectivity index (χ1) is 19.1. The lowest BCUT2D eigenvalue weighted by atomic mass is 9.68. The van der Waals surface area contributed by atoms with Gasteiger partial charge in [0.15, 0.2) is 0 Å². The van der Waals surface area contributed by atoms with Crippen molar-refractivity contribution in [1.82, 2.24) is 0 Å². The molecule has 2 aromatic rings. The fraction of sp³-hybridized carbons (Fsp3) is 0.379. The third-order valence-corrected chi connectivity index (χ3v) is 8.01. The topological polar surface area (TPSA) is 148 Å². The molecule has 1 heterocycles. The number of aliphatic hydroxyl groups excluding tert-OH is 2. The van der Waals surface area contributed by atoms with Crippen LogP contribution in [0.5, 0.6) is 5.75 Å². The largest absolute Gasteiger partial charge is 0.508 e. The predicted octanol–water partition coefficient (Wildman–Crippen LogP) is 2.03. The monoisotopic (exact) mass is 569 g/mol. The van der Waals surface area contributed by atoms with Gasteiger partial charge in [0.1, 0.15) is 5.75 Å². The highest BCUT2D eigenvalue weighted by molar-refractivity contribution is 6.58. The zero-order valence-electron chi connectivity index (χ0n) is 22.3. The molecule has 0 radical (unpaired) electrons. The van der Waals surface area contributed by atoms with Crippen LogP contribution >= 0.6 is 11.6 Å². The molecule has 5 N–H and O–H groups in total. The summed E-state index contributed by atoms with van der Waals surface area (Å²) < 4.78 is 5.38. The summed E-state index contributed by atoms with van der Waals surface area (Å²) in [6, 6.07) is 10.6. The number of allylic oxidation sites excluding steroid dienone is 1. The lowest BCUT2D eigenvalue weighted by Gasteiger charge is -2.36. The fourth-order valence-electron chi connectivity index (χ4n) is 5.84. The van der Waals surface area contributed by atoms with E-state index in [1.54, 1.807) is 12.1 Å². The number of carbonyl (C=O) groups excluding carboxylic acids is 2. The van der Waals surface area contributed by atoms with Crippen LogP contribution in [0.15, 0.2) is 59.2 Å². The van der Waals surface area contributed by atoms with E-state index in [9.17, 15) is 35.0 Å². The van der Waals surface area contributed by atoms with Crippen molar-refractivity contribution < 1.29 is 39.7 Å². The van der Waals surface area contributed by atoms with Crippen LogP contribution in [-0.2, 0) is 14.3 Å². The molecule has 40 heavy (non-hydrogen) atoms. The molecule has 1 saturated heterocycles. The van der Waals surface area contributed by atoms with Crippen LogP contribution in [0.4, 0.5) is 5.69 Å². The minimum absolute atomic E-state index is 0.0654. The number of methoxy groups -OCH3 is 1. The number of rotatable bonds is 10. The highest BCUT2D eigenvalue weighted by Gasteiger charge is 2.55. The van der Waals surface area contributed by atoms with Crippen molar-refractivity contribution in [1.29, 1.82) is 0 Å². The van der Waals surface area contributed by atoms with Crippen molar-refractivity contribution in [3.63, 3.8) is 0 Å². The van der Waals surface area contributed by atoms with Gasteiger partial charge in [-0.3, -0.25) is 14.5 Å². The summed E-state index contributed by atoms with van der Waals surface area (Å²) in [5.74, 6) is -3.29. The molecule has 2 amide bonds. The Morgan fingerprint density at radius 3 is 2.60 bits per heavy atom. The number of imide groups is 1. The maximum Gasteiger partial charge on any atom is 0.488 e. The number of benzene rings is 2. The van der Waals surface area contributed by atoms with E-state index >= 15 is 0 Å². The molecular formula is C29H33BClNO8. The molecule has 2 aliphatic rings. The smallest absolute Gasteiger partial charge is 0.488 e. The molecule has 1 aliphatic carbocycles. The van der Waals surface area contributed by atoms with Gasteiger partial charge in [0.25, 0.3) is 0 Å². The Hall–Kier alpha value is -2.99. The van der Waals surface area contributed by atoms with E-state index in [1.165, 1.54) is 37.4 Å². The number of phenolic OH excluding ortho intramolecular Hbond substituents is 1. The maximum atomic E-state index is 13.7. The van der Waals surface area contributed by atoms with Gasteiger partial charge < -0.3 is 30.1 Å². The standard InChI is InChI=1S/C29H33BClNO8/c1-16(10-17-7-8-21(34)13-24(17)31)6-9-25(35)26-18(15-40-2)11-22-27(23(26)14-33)29(37)32(28(22)36)20-5-3-4-19(12-20)30(38)39/h3-5,7-8,10,12-13,22-23,25,27,33-35,38-39H,6,9,11,14-15H2,1-2H3/b16-10+/t22-,23+,25-,27-/m1/s1. The van der Waals surface area contributed by atoms with Crippen LogP contribution in [0.3, 0.4) is 0 Å². The Morgan fingerprint density at radius 2 is 1.95 bits per heavy atom. The Morgan fingerprint density at radius 1 is 1.20 bits per heavy atom. The van der Waals surface area contributed by atoms with E-state index in [-0.39, 0.29) is 29.9 Å². The normalized spacial score (nSPS) is 22.1. The second-order valence-electron chi connectivity index (χ2n) is 10.3. The average Bonchev–Trinajstić information content (AvgIpc) is 3.17. The molecule has 1 fully saturated rings. The van der Waals surface area contributed by atoms with Crippen LogP contribution in [0.1, 0.15) is 31.7 Å². The number of carbonyl (C=O) groups is 2. The number of nitrogens with zero attached hydrogens (tertiary/aromatic N) is 1. The van der Waals surface area contributed by atoms with Gasteiger partial charge in [0.05, 0.1) is 41.9 Å². The summed E-state index contributed by atoms with van der Waals surface area (Å²) in [6.45, 7) is 1.59. The van der Waals surface area contributed by atoms with Gasteiger partial charge in [-0.15, -0.1) is 0 Å². The third-order valence-electron chi connectivity index (χ3n) is 7.68. The molecule has 0 spiro atoms. The van der Waals surface area contributed by atoms with Gasteiger partial charge in [0, 0.05) is 13.0 Å². The molecule has 4 rings (SSSR count). The lowest BCUT2D eigenvalue weighted by Crippen LogP contribution is -2.39. The molecule has 2 aromatic carbocycles. The molecule has 1 aliphatic heterocycles. The Labute approximate surface area is 238 Å². The van der Waals surface area contributed by atoms with Crippen molar-refractivity contribution in [2.24, 2.45) is 17.8 Å². The summed E-state index contributed by atoms with van der Waals surface area (Å²) in [4.78, 5) is 28.2. The van der Waals surface area contributed by atoms with Gasteiger partial charge in [-0.05, 0) is 78.7 Å². The molecule has 212 valence electrons. The van der Waals surface area contributed by atoms with Crippen molar-refractivity contribution in [3.8, 4) is 5.75 Å². The Balaban J connectivity index is 1.60. The second kappa shape index (κ2) is 12.7. The van der Waals surface area contributed by atoms with Crippen LogP contribution in [-0.4, -0.2) is 70.7 Å². The van der Waals surface area contributed by atoms with Gasteiger partial charge >= 0.3 is 7.12 Å². The van der Waals surface area contributed by atoms with Gasteiger partial charge in [-0.1, -0.05) is 35.4 Å². The zero-order chi connectivity index (χ0) is 29.1. The first kappa shape index (κ1) is 30.0. The first-order valence-electron chi connectivity index (χ1n) is 13.1. The van der Waals surface area contributed by atoms with Crippen LogP contribution in [0.2, 0.25) is 5.02 Å². The second-order valence-corrected chi connectivity index (χ2v) is 10.8. The molecule has 0 unspecified atom stereocenters. The highest BCUT2D eigenvalue weighted by Crippen LogP contribution is 2.47. The molecule has 11 heteroatoms. The Kier molecular flexibility index (Phi) is 9.50. The zero-order valence-corrected chi connectivity index (χ0v) is 23.1. The number of anilines is 1. The number of aromatic hydroxyl groups is 1. The van der Waals surface area contributed by atoms with Gasteiger partial charge in [-0.2, -0.15) is 0 Å². The summed E-state index contributed by atoms with van der Waals surface area (Å²) in [7, 11) is -0.259. The fourth-order valence-corrected chi connectivity index (χ4v) is 6.07. The number of halogens is 1. The molecule has 4 atom stereocenters. The van der Waals surface area contributed by atoms with Gasteiger partial charge in [-0.25, -0.2) is 0 Å². The molecule has 9 nitrogen and oxygen atoms in total.